The Morgan fingerprint density at radius 1 is 1.22 bits per heavy atom. The van der Waals surface area contributed by atoms with E-state index in [0.29, 0.717) is 18.1 Å². The first kappa shape index (κ1) is 14.4. The van der Waals surface area contributed by atoms with Crippen molar-refractivity contribution in [1.82, 2.24) is 5.32 Å². The molecule has 1 N–H and O–H groups in total. The fraction of sp³-hybridized carbons (Fsp3) is 0.500. The molecule has 0 saturated heterocycles. The molecule has 0 heterocycles. The Morgan fingerprint density at radius 3 is 2.39 bits per heavy atom. The maximum absolute atomic E-state index is 11.6. The van der Waals surface area contributed by atoms with Crippen LogP contribution in [0.5, 0.6) is 11.5 Å². The van der Waals surface area contributed by atoms with Crippen molar-refractivity contribution in [2.24, 2.45) is 0 Å². The molecule has 0 radical (unpaired) electrons. The highest BCUT2D eigenvalue weighted by molar-refractivity contribution is 5.77. The van der Waals surface area contributed by atoms with E-state index >= 15 is 0 Å². The van der Waals surface area contributed by atoms with Gasteiger partial charge in [0.1, 0.15) is 0 Å². The Kier molecular flexibility index (Phi) is 6.05. The van der Waals surface area contributed by atoms with E-state index < -0.39 is 0 Å². The number of carbonyl (C=O) groups is 1. The van der Waals surface area contributed by atoms with Crippen molar-refractivity contribution < 1.29 is 14.3 Å². The standard InChI is InChI=1S/C14H21NO3/c1-4-11(3)15-14(16)10-18-13-9-7-6-8-12(13)17-5-2/h6-9,11H,4-5,10H2,1-3H3,(H,15,16)/t11-/m0/s1. The van der Waals surface area contributed by atoms with Gasteiger partial charge >= 0.3 is 0 Å². The normalized spacial score (nSPS) is 11.7. The molecule has 0 aliphatic heterocycles. The van der Waals surface area contributed by atoms with E-state index in [4.69, 9.17) is 9.47 Å². The lowest BCUT2D eigenvalue weighted by molar-refractivity contribution is -0.123. The van der Waals surface area contributed by atoms with Crippen molar-refractivity contribution in [1.29, 1.82) is 0 Å². The molecule has 1 atom stereocenters. The van der Waals surface area contributed by atoms with E-state index in [0.717, 1.165) is 6.42 Å². The smallest absolute Gasteiger partial charge is 0.258 e. The molecule has 0 fully saturated rings. The first-order valence-electron chi connectivity index (χ1n) is 6.31. The van der Waals surface area contributed by atoms with E-state index in [9.17, 15) is 4.79 Å². The van der Waals surface area contributed by atoms with Gasteiger partial charge in [-0.2, -0.15) is 0 Å². The summed E-state index contributed by atoms with van der Waals surface area (Å²) in [6, 6.07) is 7.51. The average molecular weight is 251 g/mol. The van der Waals surface area contributed by atoms with Crippen LogP contribution in [0.15, 0.2) is 24.3 Å². The number of hydrogen-bond donors (Lipinski definition) is 1. The summed E-state index contributed by atoms with van der Waals surface area (Å²) in [6.45, 7) is 6.47. The summed E-state index contributed by atoms with van der Waals surface area (Å²) < 4.78 is 10.9. The fourth-order valence-corrected chi connectivity index (χ4v) is 1.41. The van der Waals surface area contributed by atoms with Gasteiger partial charge in [-0.1, -0.05) is 19.1 Å². The Bertz CT molecular complexity index is 379. The Hall–Kier alpha value is -1.71. The molecule has 1 aromatic rings. The van der Waals surface area contributed by atoms with Gasteiger partial charge in [0.05, 0.1) is 6.61 Å². The molecule has 0 spiro atoms. The predicted molar refractivity (Wildman–Crippen MR) is 71.0 cm³/mol. The topological polar surface area (TPSA) is 47.6 Å². The largest absolute Gasteiger partial charge is 0.490 e. The molecule has 0 aromatic heterocycles. The maximum atomic E-state index is 11.6. The lowest BCUT2D eigenvalue weighted by atomic mass is 10.2. The summed E-state index contributed by atoms with van der Waals surface area (Å²) in [4.78, 5) is 11.6. The van der Waals surface area contributed by atoms with Crippen molar-refractivity contribution in [2.45, 2.75) is 33.2 Å². The number of rotatable bonds is 7. The Morgan fingerprint density at radius 2 is 1.83 bits per heavy atom. The van der Waals surface area contributed by atoms with Crippen molar-refractivity contribution in [2.75, 3.05) is 13.2 Å². The molecule has 4 nitrogen and oxygen atoms in total. The molecule has 100 valence electrons. The van der Waals surface area contributed by atoms with Crippen LogP contribution in [-0.4, -0.2) is 25.2 Å². The third-order valence-corrected chi connectivity index (χ3v) is 2.53. The van der Waals surface area contributed by atoms with E-state index in [1.807, 2.05) is 39.0 Å². The summed E-state index contributed by atoms with van der Waals surface area (Å²) in [5.74, 6) is 1.14. The zero-order chi connectivity index (χ0) is 13.4. The van der Waals surface area contributed by atoms with Gasteiger partial charge in [0.15, 0.2) is 18.1 Å². The van der Waals surface area contributed by atoms with Crippen LogP contribution in [0.2, 0.25) is 0 Å². The van der Waals surface area contributed by atoms with Crippen LogP contribution < -0.4 is 14.8 Å². The summed E-state index contributed by atoms with van der Waals surface area (Å²) in [5, 5.41) is 2.85. The third kappa shape index (κ3) is 4.65. The van der Waals surface area contributed by atoms with Crippen molar-refractivity contribution in [3.63, 3.8) is 0 Å². The van der Waals surface area contributed by atoms with E-state index in [1.165, 1.54) is 0 Å². The maximum Gasteiger partial charge on any atom is 0.258 e. The highest BCUT2D eigenvalue weighted by Crippen LogP contribution is 2.26. The van der Waals surface area contributed by atoms with Crippen LogP contribution in [-0.2, 0) is 4.79 Å². The van der Waals surface area contributed by atoms with Gasteiger partial charge in [0.2, 0.25) is 0 Å². The van der Waals surface area contributed by atoms with Gasteiger partial charge in [0, 0.05) is 6.04 Å². The molecule has 1 rings (SSSR count). The molecule has 18 heavy (non-hydrogen) atoms. The van der Waals surface area contributed by atoms with Crippen molar-refractivity contribution in [3.05, 3.63) is 24.3 Å². The molecule has 1 aromatic carbocycles. The molecule has 0 saturated carbocycles. The number of amides is 1. The molecule has 0 unspecified atom stereocenters. The summed E-state index contributed by atoms with van der Waals surface area (Å²) in [6.07, 6.45) is 0.904. The minimum absolute atomic E-state index is 0.00836. The average Bonchev–Trinajstić information content (AvgIpc) is 2.38. The molecule has 1 amide bonds. The molecule has 0 aliphatic carbocycles. The van der Waals surface area contributed by atoms with E-state index in [2.05, 4.69) is 5.32 Å². The summed E-state index contributed by atoms with van der Waals surface area (Å²) >= 11 is 0. The zero-order valence-corrected chi connectivity index (χ0v) is 11.2. The Labute approximate surface area is 108 Å². The monoisotopic (exact) mass is 251 g/mol. The number of para-hydroxylation sites is 2. The second-order valence-corrected chi connectivity index (χ2v) is 4.05. The van der Waals surface area contributed by atoms with Crippen LogP contribution in [0.4, 0.5) is 0 Å². The van der Waals surface area contributed by atoms with Gasteiger partial charge in [-0.15, -0.1) is 0 Å². The van der Waals surface area contributed by atoms with Gasteiger partial charge < -0.3 is 14.8 Å². The second-order valence-electron chi connectivity index (χ2n) is 4.05. The summed E-state index contributed by atoms with van der Waals surface area (Å²) in [5.41, 5.74) is 0. The van der Waals surface area contributed by atoms with Crippen molar-refractivity contribution >= 4 is 5.91 Å². The SMILES string of the molecule is CCOc1ccccc1OCC(=O)N[C@@H](C)CC. The molecule has 4 heteroatoms. The minimum atomic E-state index is -0.115. The fourth-order valence-electron chi connectivity index (χ4n) is 1.41. The lowest BCUT2D eigenvalue weighted by Crippen LogP contribution is -2.35. The van der Waals surface area contributed by atoms with Crippen LogP contribution in [0.1, 0.15) is 27.2 Å². The quantitative estimate of drug-likeness (QED) is 0.809. The predicted octanol–water partition coefficient (Wildman–Crippen LogP) is 2.38. The molecule has 0 bridgehead atoms. The van der Waals surface area contributed by atoms with Gasteiger partial charge in [0.25, 0.3) is 5.91 Å². The van der Waals surface area contributed by atoms with Crippen LogP contribution in [0.3, 0.4) is 0 Å². The molecule has 0 aliphatic rings. The number of carbonyl (C=O) groups excluding carboxylic acids is 1. The van der Waals surface area contributed by atoms with Gasteiger partial charge in [-0.05, 0) is 32.4 Å². The van der Waals surface area contributed by atoms with Gasteiger partial charge in [-0.25, -0.2) is 0 Å². The van der Waals surface area contributed by atoms with E-state index in [1.54, 1.807) is 6.07 Å². The van der Waals surface area contributed by atoms with Crippen LogP contribution in [0, 0.1) is 0 Å². The summed E-state index contributed by atoms with van der Waals surface area (Å²) in [7, 11) is 0. The first-order valence-corrected chi connectivity index (χ1v) is 6.31. The number of nitrogens with one attached hydrogen (secondary N) is 1. The third-order valence-electron chi connectivity index (χ3n) is 2.53. The Balaban J connectivity index is 2.50. The lowest BCUT2D eigenvalue weighted by Gasteiger charge is -2.13. The van der Waals surface area contributed by atoms with Gasteiger partial charge in [-0.3, -0.25) is 4.79 Å². The minimum Gasteiger partial charge on any atom is -0.490 e. The van der Waals surface area contributed by atoms with Crippen LogP contribution in [0.25, 0.3) is 0 Å². The molecular formula is C14H21NO3. The van der Waals surface area contributed by atoms with Crippen molar-refractivity contribution in [3.8, 4) is 11.5 Å². The molecular weight excluding hydrogens is 230 g/mol. The number of hydrogen-bond acceptors (Lipinski definition) is 3. The zero-order valence-electron chi connectivity index (χ0n) is 11.2. The first-order chi connectivity index (χ1) is 8.67. The van der Waals surface area contributed by atoms with Crippen LogP contribution >= 0.6 is 0 Å². The number of benzene rings is 1. The second kappa shape index (κ2) is 7.58. The highest BCUT2D eigenvalue weighted by Gasteiger charge is 2.08. The van der Waals surface area contributed by atoms with E-state index in [-0.39, 0.29) is 18.6 Å². The number of ether oxygens (including phenoxy) is 2. The highest BCUT2D eigenvalue weighted by atomic mass is 16.5.